The molecule has 0 amide bonds. The first-order chi connectivity index (χ1) is 16.8. The molecular weight excluding hydrogens is 498 g/mol. The second-order valence-electron chi connectivity index (χ2n) is 7.90. The zero-order valence-corrected chi connectivity index (χ0v) is 19.4. The van der Waals surface area contributed by atoms with Crippen LogP contribution in [0.3, 0.4) is 0 Å². The number of fused-ring (bicyclic) bond motifs is 3. The number of hydrogen-bond acceptors (Lipinski definition) is 7. The molecule has 11 heteroatoms. The largest absolute Gasteiger partial charge is 0.477 e. The predicted octanol–water partition coefficient (Wildman–Crippen LogP) is 3.85. The van der Waals surface area contributed by atoms with E-state index in [1.165, 1.54) is 12.1 Å². The number of carboxylic acids is 1. The van der Waals surface area contributed by atoms with E-state index in [0.29, 0.717) is 34.1 Å². The van der Waals surface area contributed by atoms with Gasteiger partial charge in [0.05, 0.1) is 11.4 Å². The highest BCUT2D eigenvalue weighted by molar-refractivity contribution is 7.89. The van der Waals surface area contributed by atoms with E-state index in [2.05, 4.69) is 0 Å². The van der Waals surface area contributed by atoms with Gasteiger partial charge in [-0.1, -0.05) is 35.9 Å². The van der Waals surface area contributed by atoms with Crippen LogP contribution >= 0.6 is 11.6 Å². The first-order valence-electron chi connectivity index (χ1n) is 10.4. The van der Waals surface area contributed by atoms with Crippen molar-refractivity contribution >= 4 is 33.2 Å². The lowest BCUT2D eigenvalue weighted by Gasteiger charge is -2.33. The van der Waals surface area contributed by atoms with E-state index in [1.54, 1.807) is 42.5 Å². The summed E-state index contributed by atoms with van der Waals surface area (Å²) in [6.45, 7) is -0.274. The van der Waals surface area contributed by atoms with E-state index in [1.807, 2.05) is 0 Å². The molecule has 0 saturated heterocycles. The first kappa shape index (κ1) is 21.6. The Bertz CT molecular complexity index is 1550. The minimum Gasteiger partial charge on any atom is -0.477 e. The fourth-order valence-electron chi connectivity index (χ4n) is 4.35. The van der Waals surface area contributed by atoms with E-state index in [0.717, 1.165) is 4.31 Å². The van der Waals surface area contributed by atoms with Crippen molar-refractivity contribution in [2.24, 2.45) is 0 Å². The van der Waals surface area contributed by atoms with Crippen LogP contribution in [0.4, 0.5) is 0 Å². The third-order valence-corrected chi connectivity index (χ3v) is 8.09. The highest BCUT2D eigenvalue weighted by Crippen LogP contribution is 2.45. The molecular formula is C24H16ClNO8S. The van der Waals surface area contributed by atoms with Crippen molar-refractivity contribution in [3.8, 4) is 23.0 Å². The van der Waals surface area contributed by atoms with Crippen LogP contribution in [0, 0.1) is 0 Å². The van der Waals surface area contributed by atoms with Gasteiger partial charge >= 0.3 is 5.97 Å². The molecule has 0 unspecified atom stereocenters. The molecule has 3 aliphatic rings. The van der Waals surface area contributed by atoms with Crippen LogP contribution in [0.1, 0.15) is 16.7 Å². The summed E-state index contributed by atoms with van der Waals surface area (Å²) < 4.78 is 49.8. The molecule has 3 heterocycles. The summed E-state index contributed by atoms with van der Waals surface area (Å²) in [7, 11) is -4.25. The minimum absolute atomic E-state index is 0.0129. The fraction of sp³-hybridized carbons (Fsp3) is 0.125. The smallest absolute Gasteiger partial charge is 0.353 e. The Morgan fingerprint density at radius 1 is 0.914 bits per heavy atom. The summed E-state index contributed by atoms with van der Waals surface area (Å²) >= 11 is 6.41. The summed E-state index contributed by atoms with van der Waals surface area (Å²) in [5, 5.41) is 10.5. The van der Waals surface area contributed by atoms with Gasteiger partial charge in [0.25, 0.3) is 10.0 Å². The minimum atomic E-state index is -4.25. The Kier molecular flexibility index (Phi) is 4.83. The molecule has 1 N–H and O–H groups in total. The maximum absolute atomic E-state index is 13.7. The standard InChI is InChI=1S/C24H16ClNO8S/c25-16-9-20-19(33-12-34-20)8-14(16)10-26-23(24(27)28)22(13-5-6-17-18(7-13)32-11-31-17)15-3-1-2-4-21(15)35(26,29)30/h1-9H,10-12H2,(H,27,28). The number of ether oxygens (including phenoxy) is 4. The molecule has 0 spiro atoms. The van der Waals surface area contributed by atoms with Gasteiger partial charge < -0.3 is 24.1 Å². The van der Waals surface area contributed by atoms with E-state index < -0.39 is 21.7 Å². The summed E-state index contributed by atoms with van der Waals surface area (Å²) in [5.41, 5.74) is 0.935. The number of benzene rings is 3. The molecule has 0 aliphatic carbocycles. The monoisotopic (exact) mass is 513 g/mol. The Morgan fingerprint density at radius 3 is 2.31 bits per heavy atom. The molecule has 0 fully saturated rings. The molecule has 0 saturated carbocycles. The van der Waals surface area contributed by atoms with Crippen LogP contribution in [0.2, 0.25) is 5.02 Å². The molecule has 0 radical (unpaired) electrons. The van der Waals surface area contributed by atoms with Crippen LogP contribution in [-0.2, 0) is 21.4 Å². The van der Waals surface area contributed by atoms with Gasteiger partial charge in [0, 0.05) is 22.2 Å². The molecule has 9 nitrogen and oxygen atoms in total. The number of halogens is 1. The van der Waals surface area contributed by atoms with E-state index in [9.17, 15) is 18.3 Å². The topological polar surface area (TPSA) is 112 Å². The van der Waals surface area contributed by atoms with E-state index in [4.69, 9.17) is 30.5 Å². The van der Waals surface area contributed by atoms with Crippen molar-refractivity contribution < 1.29 is 37.3 Å². The quantitative estimate of drug-likeness (QED) is 0.560. The van der Waals surface area contributed by atoms with Gasteiger partial charge in [0.15, 0.2) is 23.0 Å². The number of rotatable bonds is 4. The second-order valence-corrected chi connectivity index (χ2v) is 10.1. The predicted molar refractivity (Wildman–Crippen MR) is 123 cm³/mol. The Balaban J connectivity index is 1.58. The van der Waals surface area contributed by atoms with Gasteiger partial charge in [-0.05, 0) is 35.4 Å². The second kappa shape index (κ2) is 7.82. The zero-order chi connectivity index (χ0) is 24.3. The van der Waals surface area contributed by atoms with Crippen molar-refractivity contribution in [1.29, 1.82) is 0 Å². The molecule has 3 aromatic carbocycles. The van der Waals surface area contributed by atoms with Crippen molar-refractivity contribution in [2.75, 3.05) is 13.6 Å². The van der Waals surface area contributed by atoms with Crippen LogP contribution in [0.25, 0.3) is 5.57 Å². The number of carbonyl (C=O) groups is 1. The number of sulfonamides is 1. The average Bonchev–Trinajstić information content (AvgIpc) is 3.49. The SMILES string of the molecule is O=C(O)C1=C(c2ccc3c(c2)OCO3)c2ccccc2S(=O)(=O)N1Cc1cc2c(cc1Cl)OCO2. The number of hydrogen-bond donors (Lipinski definition) is 1. The van der Waals surface area contributed by atoms with Gasteiger partial charge in [0.2, 0.25) is 13.6 Å². The molecule has 0 bridgehead atoms. The lowest BCUT2D eigenvalue weighted by molar-refractivity contribution is -0.133. The molecule has 0 aromatic heterocycles. The Labute approximate surface area is 204 Å². The molecule has 35 heavy (non-hydrogen) atoms. The van der Waals surface area contributed by atoms with Crippen LogP contribution in [0.5, 0.6) is 23.0 Å². The normalized spacial score (nSPS) is 16.9. The van der Waals surface area contributed by atoms with Crippen molar-refractivity contribution in [2.45, 2.75) is 11.4 Å². The van der Waals surface area contributed by atoms with Crippen LogP contribution in [0.15, 0.2) is 65.2 Å². The highest BCUT2D eigenvalue weighted by Gasteiger charge is 2.41. The third kappa shape index (κ3) is 3.36. The highest BCUT2D eigenvalue weighted by atomic mass is 35.5. The number of carboxylic acid groups (broad SMARTS) is 1. The fourth-order valence-corrected chi connectivity index (χ4v) is 6.21. The molecule has 3 aromatic rings. The summed E-state index contributed by atoms with van der Waals surface area (Å²) in [5.74, 6) is 0.382. The van der Waals surface area contributed by atoms with Crippen molar-refractivity contribution in [1.82, 2.24) is 4.31 Å². The van der Waals surface area contributed by atoms with Gasteiger partial charge in [-0.25, -0.2) is 13.2 Å². The lowest BCUT2D eigenvalue weighted by Crippen LogP contribution is -2.37. The van der Waals surface area contributed by atoms with Crippen LogP contribution < -0.4 is 18.9 Å². The van der Waals surface area contributed by atoms with Crippen molar-refractivity contribution in [3.63, 3.8) is 0 Å². The van der Waals surface area contributed by atoms with Gasteiger partial charge in [0.1, 0.15) is 5.70 Å². The Morgan fingerprint density at radius 2 is 1.57 bits per heavy atom. The van der Waals surface area contributed by atoms with E-state index in [-0.39, 0.29) is 41.2 Å². The molecule has 6 rings (SSSR count). The van der Waals surface area contributed by atoms with Gasteiger partial charge in [-0.15, -0.1) is 0 Å². The summed E-state index contributed by atoms with van der Waals surface area (Å²) in [4.78, 5) is 12.6. The maximum atomic E-state index is 13.7. The molecule has 0 atom stereocenters. The number of aliphatic carboxylic acids is 1. The maximum Gasteiger partial charge on any atom is 0.353 e. The lowest BCUT2D eigenvalue weighted by atomic mass is 9.94. The summed E-state index contributed by atoms with van der Waals surface area (Å²) in [6, 6.07) is 14.3. The van der Waals surface area contributed by atoms with Gasteiger partial charge in [-0.3, -0.25) is 4.31 Å². The summed E-state index contributed by atoms with van der Waals surface area (Å²) in [6.07, 6.45) is 0. The zero-order valence-electron chi connectivity index (χ0n) is 17.9. The third-order valence-electron chi connectivity index (χ3n) is 5.93. The molecule has 178 valence electrons. The van der Waals surface area contributed by atoms with E-state index >= 15 is 0 Å². The van der Waals surface area contributed by atoms with Gasteiger partial charge in [-0.2, -0.15) is 0 Å². The Hall–Kier alpha value is -3.89. The first-order valence-corrected chi connectivity index (χ1v) is 12.2. The molecule has 3 aliphatic heterocycles. The average molecular weight is 514 g/mol. The van der Waals surface area contributed by atoms with Crippen LogP contribution in [-0.4, -0.2) is 37.4 Å². The number of nitrogens with zero attached hydrogens (tertiary/aromatic N) is 1. The van der Waals surface area contributed by atoms with Crippen molar-refractivity contribution in [3.05, 3.63) is 82.0 Å².